The number of aryl methyl sites for hydroxylation is 2. The van der Waals surface area contributed by atoms with Crippen molar-refractivity contribution in [3.05, 3.63) is 47.5 Å². The Labute approximate surface area is 175 Å². The molecule has 1 saturated heterocycles. The highest BCUT2D eigenvalue weighted by Crippen LogP contribution is 2.36. The number of anilines is 1. The van der Waals surface area contributed by atoms with Crippen LogP contribution in [0.5, 0.6) is 5.75 Å². The fourth-order valence-corrected chi connectivity index (χ4v) is 4.03. The molecule has 0 radical (unpaired) electrons. The van der Waals surface area contributed by atoms with Gasteiger partial charge in [0.2, 0.25) is 0 Å². The van der Waals surface area contributed by atoms with Crippen molar-refractivity contribution >= 4 is 22.7 Å². The van der Waals surface area contributed by atoms with Crippen LogP contribution in [-0.4, -0.2) is 52.5 Å². The number of likely N-dealkylation sites (tertiary alicyclic amines) is 1. The molecule has 1 aromatic heterocycles. The Kier molecular flexibility index (Phi) is 5.44. The van der Waals surface area contributed by atoms with Gasteiger partial charge in [0, 0.05) is 35.5 Å². The molecule has 1 amide bonds. The second-order valence-corrected chi connectivity index (χ2v) is 7.86. The van der Waals surface area contributed by atoms with E-state index in [1.165, 1.54) is 4.90 Å². The van der Waals surface area contributed by atoms with Crippen molar-refractivity contribution in [1.82, 2.24) is 15.1 Å². The lowest BCUT2D eigenvalue weighted by molar-refractivity contribution is 0.133. The minimum atomic E-state index is -0.880. The van der Waals surface area contributed by atoms with Crippen LogP contribution < -0.4 is 10.1 Å². The third-order valence-corrected chi connectivity index (χ3v) is 5.58. The summed E-state index contributed by atoms with van der Waals surface area (Å²) in [4.78, 5) is 12.8. The van der Waals surface area contributed by atoms with Crippen molar-refractivity contribution in [3.8, 4) is 17.0 Å². The van der Waals surface area contributed by atoms with Crippen molar-refractivity contribution in [3.63, 3.8) is 0 Å². The smallest absolute Gasteiger partial charge is 0.407 e. The first-order chi connectivity index (χ1) is 14.5. The number of aromatic nitrogens is 2. The first kappa shape index (κ1) is 19.9. The first-order valence-electron chi connectivity index (χ1n) is 10.1. The van der Waals surface area contributed by atoms with Crippen LogP contribution in [0.15, 0.2) is 36.4 Å². The van der Waals surface area contributed by atoms with E-state index >= 15 is 0 Å². The van der Waals surface area contributed by atoms with E-state index in [1.807, 2.05) is 32.0 Å². The molecule has 2 N–H and O–H groups in total. The van der Waals surface area contributed by atoms with Gasteiger partial charge in [-0.2, -0.15) is 0 Å². The molecule has 1 fully saturated rings. The Morgan fingerprint density at radius 2 is 1.90 bits per heavy atom. The summed E-state index contributed by atoms with van der Waals surface area (Å²) < 4.78 is 5.59. The van der Waals surface area contributed by atoms with Gasteiger partial charge in [-0.1, -0.05) is 23.8 Å². The molecular weight excluding hydrogens is 380 g/mol. The summed E-state index contributed by atoms with van der Waals surface area (Å²) in [6.07, 6.45) is 0.842. The lowest BCUT2D eigenvalue weighted by atomic mass is 10.0. The summed E-state index contributed by atoms with van der Waals surface area (Å²) in [6, 6.07) is 12.3. The third kappa shape index (κ3) is 3.87. The van der Waals surface area contributed by atoms with Crippen molar-refractivity contribution in [2.24, 2.45) is 0 Å². The number of benzene rings is 2. The summed E-state index contributed by atoms with van der Waals surface area (Å²) in [7, 11) is 1.66. The van der Waals surface area contributed by atoms with Gasteiger partial charge in [-0.15, -0.1) is 10.2 Å². The number of piperidine rings is 1. The van der Waals surface area contributed by atoms with E-state index in [9.17, 15) is 9.90 Å². The Morgan fingerprint density at radius 3 is 2.67 bits per heavy atom. The van der Waals surface area contributed by atoms with Crippen molar-refractivity contribution < 1.29 is 14.6 Å². The average molecular weight is 406 g/mol. The number of fused-ring (bicyclic) bond motifs is 1. The van der Waals surface area contributed by atoms with Crippen LogP contribution in [0.25, 0.3) is 22.0 Å². The highest BCUT2D eigenvalue weighted by molar-refractivity contribution is 6.01. The average Bonchev–Trinajstić information content (AvgIpc) is 2.74. The van der Waals surface area contributed by atoms with E-state index in [4.69, 9.17) is 4.74 Å². The number of amides is 1. The highest BCUT2D eigenvalue weighted by Gasteiger charge is 2.24. The fraction of sp³-hybridized carbons (Fsp3) is 0.348. The van der Waals surface area contributed by atoms with Crippen LogP contribution in [-0.2, 0) is 0 Å². The lowest BCUT2D eigenvalue weighted by Crippen LogP contribution is -2.44. The van der Waals surface area contributed by atoms with Gasteiger partial charge in [0.05, 0.1) is 7.11 Å². The predicted octanol–water partition coefficient (Wildman–Crippen LogP) is 4.48. The van der Waals surface area contributed by atoms with Gasteiger partial charge >= 0.3 is 6.09 Å². The summed E-state index contributed by atoms with van der Waals surface area (Å²) in [5.41, 5.74) is 3.90. The summed E-state index contributed by atoms with van der Waals surface area (Å²) in [5.74, 6) is 1.44. The van der Waals surface area contributed by atoms with E-state index < -0.39 is 6.09 Å². The zero-order chi connectivity index (χ0) is 21.3. The zero-order valence-electron chi connectivity index (χ0n) is 17.5. The van der Waals surface area contributed by atoms with Gasteiger partial charge in [-0.05, 0) is 50.5 Å². The van der Waals surface area contributed by atoms with Gasteiger partial charge < -0.3 is 20.1 Å². The number of rotatable bonds is 4. The molecule has 0 spiro atoms. The predicted molar refractivity (Wildman–Crippen MR) is 117 cm³/mol. The second-order valence-electron chi connectivity index (χ2n) is 7.86. The first-order valence-corrected chi connectivity index (χ1v) is 10.1. The fourth-order valence-electron chi connectivity index (χ4n) is 4.03. The largest absolute Gasteiger partial charge is 0.496 e. The molecule has 4 rings (SSSR count). The van der Waals surface area contributed by atoms with Crippen molar-refractivity contribution in [2.45, 2.75) is 32.7 Å². The quantitative estimate of drug-likeness (QED) is 0.664. The van der Waals surface area contributed by atoms with Crippen LogP contribution in [0.3, 0.4) is 0 Å². The molecule has 2 aromatic carbocycles. The van der Waals surface area contributed by atoms with E-state index in [0.717, 1.165) is 51.7 Å². The van der Waals surface area contributed by atoms with E-state index in [0.29, 0.717) is 18.9 Å². The Hall–Kier alpha value is -3.35. The Balaban J connectivity index is 1.76. The highest BCUT2D eigenvalue weighted by atomic mass is 16.5. The molecule has 0 bridgehead atoms. The molecule has 7 nitrogen and oxygen atoms in total. The lowest BCUT2D eigenvalue weighted by Gasteiger charge is -2.31. The number of carboxylic acid groups (broad SMARTS) is 1. The molecule has 0 unspecified atom stereocenters. The zero-order valence-corrected chi connectivity index (χ0v) is 17.5. The van der Waals surface area contributed by atoms with E-state index in [1.54, 1.807) is 7.11 Å². The molecular formula is C23H26N4O3. The van der Waals surface area contributed by atoms with Crippen LogP contribution in [0.2, 0.25) is 0 Å². The van der Waals surface area contributed by atoms with Crippen molar-refractivity contribution in [1.29, 1.82) is 0 Å². The molecule has 7 heteroatoms. The molecule has 1 aliphatic heterocycles. The van der Waals surface area contributed by atoms with Gasteiger partial charge in [0.15, 0.2) is 5.82 Å². The monoisotopic (exact) mass is 406 g/mol. The third-order valence-electron chi connectivity index (χ3n) is 5.58. The van der Waals surface area contributed by atoms with Crippen LogP contribution in [0.1, 0.15) is 24.0 Å². The molecule has 0 saturated carbocycles. The van der Waals surface area contributed by atoms with E-state index in [2.05, 4.69) is 33.7 Å². The topological polar surface area (TPSA) is 87.6 Å². The van der Waals surface area contributed by atoms with Crippen LogP contribution in [0, 0.1) is 13.8 Å². The molecule has 1 aliphatic rings. The van der Waals surface area contributed by atoms with Gasteiger partial charge in [0.1, 0.15) is 11.4 Å². The molecule has 2 heterocycles. The maximum atomic E-state index is 11.4. The van der Waals surface area contributed by atoms with Gasteiger partial charge in [0.25, 0.3) is 0 Å². The van der Waals surface area contributed by atoms with E-state index in [-0.39, 0.29) is 6.04 Å². The number of hydrogen-bond acceptors (Lipinski definition) is 5. The minimum absolute atomic E-state index is 0.00706. The molecule has 3 aromatic rings. The Morgan fingerprint density at radius 1 is 1.13 bits per heavy atom. The van der Waals surface area contributed by atoms with Crippen LogP contribution in [0.4, 0.5) is 10.6 Å². The molecule has 1 atom stereocenters. The second kappa shape index (κ2) is 8.18. The number of hydrogen-bond donors (Lipinski definition) is 2. The number of methoxy groups -OCH3 is 1. The maximum Gasteiger partial charge on any atom is 0.407 e. The Bertz CT molecular complexity index is 1100. The summed E-state index contributed by atoms with van der Waals surface area (Å²) in [5, 5.41) is 23.8. The summed E-state index contributed by atoms with van der Waals surface area (Å²) >= 11 is 0. The maximum absolute atomic E-state index is 11.4. The summed E-state index contributed by atoms with van der Waals surface area (Å²) in [6.45, 7) is 5.09. The number of nitrogens with zero attached hydrogens (tertiary/aromatic N) is 3. The molecule has 0 aliphatic carbocycles. The molecule has 156 valence electrons. The SMILES string of the molecule is COc1cc(C)ccc1-c1nnc(N[C@@H]2CCCN(C(=O)O)C2)c2cc(C)ccc12. The van der Waals surface area contributed by atoms with Gasteiger partial charge in [-0.3, -0.25) is 0 Å². The normalized spacial score (nSPS) is 16.5. The number of nitrogens with one attached hydrogen (secondary N) is 1. The standard InChI is InChI=1S/C23H26N4O3/c1-14-6-8-17-19(11-14)22(24-16-5-4-10-27(13-16)23(28)29)26-25-21(17)18-9-7-15(2)12-20(18)30-3/h6-9,11-12,16H,4-5,10,13H2,1-3H3,(H,24,26)(H,28,29)/t16-/m1/s1. The van der Waals surface area contributed by atoms with Gasteiger partial charge in [-0.25, -0.2) is 4.79 Å². The molecule has 30 heavy (non-hydrogen) atoms. The number of ether oxygens (including phenoxy) is 1. The number of carbonyl (C=O) groups is 1. The van der Waals surface area contributed by atoms with Crippen LogP contribution >= 0.6 is 0 Å². The van der Waals surface area contributed by atoms with Crippen molar-refractivity contribution in [2.75, 3.05) is 25.5 Å². The minimum Gasteiger partial charge on any atom is -0.496 e.